The molecule has 6 heteroatoms. The molecule has 2 N–H and O–H groups in total. The van der Waals surface area contributed by atoms with Gasteiger partial charge in [0, 0.05) is 18.2 Å². The van der Waals surface area contributed by atoms with Gasteiger partial charge in [0.25, 0.3) is 5.69 Å². The standard InChI is InChI=1S/C13H14N2O3S/c1-18-12-6-7-19-13(12)11(14)8-9-2-4-10(5-3-9)15(16)17/h2-7,11H,8,14H2,1H3. The Balaban J connectivity index is 2.10. The molecule has 0 bridgehead atoms. The molecule has 0 amide bonds. The molecule has 2 rings (SSSR count). The fraction of sp³-hybridized carbons (Fsp3) is 0.231. The molecule has 1 unspecified atom stereocenters. The first-order valence-corrected chi connectivity index (χ1v) is 6.60. The van der Waals surface area contributed by atoms with Crippen LogP contribution in [0.5, 0.6) is 5.75 Å². The molecule has 0 aliphatic carbocycles. The lowest BCUT2D eigenvalue weighted by atomic mass is 10.0. The van der Waals surface area contributed by atoms with Crippen LogP contribution in [0.4, 0.5) is 5.69 Å². The van der Waals surface area contributed by atoms with Gasteiger partial charge in [-0.3, -0.25) is 10.1 Å². The molecular formula is C13H14N2O3S. The quantitative estimate of drug-likeness (QED) is 0.673. The summed E-state index contributed by atoms with van der Waals surface area (Å²) in [5.41, 5.74) is 7.20. The van der Waals surface area contributed by atoms with Gasteiger partial charge in [0.05, 0.1) is 16.9 Å². The first-order chi connectivity index (χ1) is 9.11. The number of benzene rings is 1. The maximum Gasteiger partial charge on any atom is 0.269 e. The number of hydrogen-bond donors (Lipinski definition) is 1. The van der Waals surface area contributed by atoms with Gasteiger partial charge in [-0.1, -0.05) is 12.1 Å². The van der Waals surface area contributed by atoms with Gasteiger partial charge in [0.2, 0.25) is 0 Å². The summed E-state index contributed by atoms with van der Waals surface area (Å²) in [5, 5.41) is 12.5. The Morgan fingerprint density at radius 2 is 2.05 bits per heavy atom. The van der Waals surface area contributed by atoms with E-state index < -0.39 is 4.92 Å². The number of nitrogens with two attached hydrogens (primary N) is 1. The van der Waals surface area contributed by atoms with Crippen molar-refractivity contribution in [1.29, 1.82) is 0 Å². The Kier molecular flexibility index (Phi) is 4.13. The molecule has 2 aromatic rings. The fourth-order valence-corrected chi connectivity index (χ4v) is 2.71. The summed E-state index contributed by atoms with van der Waals surface area (Å²) in [4.78, 5) is 11.1. The van der Waals surface area contributed by atoms with Crippen LogP contribution in [0.3, 0.4) is 0 Å². The third-order valence-corrected chi connectivity index (χ3v) is 3.85. The largest absolute Gasteiger partial charge is 0.496 e. The Morgan fingerprint density at radius 1 is 1.37 bits per heavy atom. The highest BCUT2D eigenvalue weighted by Crippen LogP contribution is 2.31. The summed E-state index contributed by atoms with van der Waals surface area (Å²) in [7, 11) is 1.62. The van der Waals surface area contributed by atoms with E-state index in [4.69, 9.17) is 10.5 Å². The Labute approximate surface area is 114 Å². The van der Waals surface area contributed by atoms with Crippen molar-refractivity contribution in [3.63, 3.8) is 0 Å². The van der Waals surface area contributed by atoms with Crippen LogP contribution < -0.4 is 10.5 Å². The molecule has 1 heterocycles. The zero-order valence-electron chi connectivity index (χ0n) is 10.4. The van der Waals surface area contributed by atoms with Crippen LogP contribution in [0.15, 0.2) is 35.7 Å². The van der Waals surface area contributed by atoms with Crippen molar-refractivity contribution in [1.82, 2.24) is 0 Å². The van der Waals surface area contributed by atoms with Crippen LogP contribution in [-0.4, -0.2) is 12.0 Å². The zero-order chi connectivity index (χ0) is 13.8. The predicted molar refractivity (Wildman–Crippen MR) is 74.6 cm³/mol. The summed E-state index contributed by atoms with van der Waals surface area (Å²) >= 11 is 1.55. The molecule has 100 valence electrons. The monoisotopic (exact) mass is 278 g/mol. The minimum atomic E-state index is -0.411. The van der Waals surface area contributed by atoms with Crippen molar-refractivity contribution in [3.05, 3.63) is 56.3 Å². The second-order valence-electron chi connectivity index (χ2n) is 4.09. The maximum absolute atomic E-state index is 10.6. The van der Waals surface area contributed by atoms with E-state index in [1.54, 1.807) is 30.6 Å². The van der Waals surface area contributed by atoms with Gasteiger partial charge in [-0.2, -0.15) is 0 Å². The molecule has 0 spiro atoms. The minimum Gasteiger partial charge on any atom is -0.496 e. The van der Waals surface area contributed by atoms with Crippen LogP contribution >= 0.6 is 11.3 Å². The lowest BCUT2D eigenvalue weighted by molar-refractivity contribution is -0.384. The SMILES string of the molecule is COc1ccsc1C(N)Cc1ccc([N+](=O)[O-])cc1. The predicted octanol–water partition coefficient (Wildman–Crippen LogP) is 2.91. The summed E-state index contributed by atoms with van der Waals surface area (Å²) in [5.74, 6) is 0.791. The van der Waals surface area contributed by atoms with Crippen LogP contribution in [0.1, 0.15) is 16.5 Å². The zero-order valence-corrected chi connectivity index (χ0v) is 11.2. The van der Waals surface area contributed by atoms with E-state index in [1.807, 2.05) is 11.4 Å². The van der Waals surface area contributed by atoms with E-state index in [9.17, 15) is 10.1 Å². The molecule has 0 saturated heterocycles. The highest BCUT2D eigenvalue weighted by Gasteiger charge is 2.14. The average Bonchev–Trinajstić information content (AvgIpc) is 2.87. The smallest absolute Gasteiger partial charge is 0.269 e. The fourth-order valence-electron chi connectivity index (χ4n) is 1.85. The van der Waals surface area contributed by atoms with Crippen molar-refractivity contribution in [2.75, 3.05) is 7.11 Å². The number of thiophene rings is 1. The average molecular weight is 278 g/mol. The van der Waals surface area contributed by atoms with Gasteiger partial charge in [0.1, 0.15) is 5.75 Å². The molecule has 1 aromatic carbocycles. The number of methoxy groups -OCH3 is 1. The van der Waals surface area contributed by atoms with E-state index in [1.165, 1.54) is 12.1 Å². The van der Waals surface area contributed by atoms with Gasteiger partial charge < -0.3 is 10.5 Å². The lowest BCUT2D eigenvalue weighted by Crippen LogP contribution is -2.12. The maximum atomic E-state index is 10.6. The Hall–Kier alpha value is -1.92. The minimum absolute atomic E-state index is 0.0889. The van der Waals surface area contributed by atoms with Crippen molar-refractivity contribution < 1.29 is 9.66 Å². The molecule has 0 radical (unpaired) electrons. The highest BCUT2D eigenvalue weighted by molar-refractivity contribution is 7.10. The van der Waals surface area contributed by atoms with E-state index in [0.29, 0.717) is 6.42 Å². The van der Waals surface area contributed by atoms with Crippen LogP contribution in [-0.2, 0) is 6.42 Å². The number of rotatable bonds is 5. The van der Waals surface area contributed by atoms with E-state index in [0.717, 1.165) is 16.2 Å². The Bertz CT molecular complexity index is 566. The third kappa shape index (κ3) is 3.10. The molecule has 1 aromatic heterocycles. The summed E-state index contributed by atoms with van der Waals surface area (Å²) in [6, 6.07) is 8.17. The number of nitro benzene ring substituents is 1. The second-order valence-corrected chi connectivity index (χ2v) is 5.04. The van der Waals surface area contributed by atoms with Crippen LogP contribution in [0.2, 0.25) is 0 Å². The van der Waals surface area contributed by atoms with Crippen LogP contribution in [0.25, 0.3) is 0 Å². The van der Waals surface area contributed by atoms with Gasteiger partial charge in [-0.25, -0.2) is 0 Å². The van der Waals surface area contributed by atoms with Crippen LogP contribution in [0, 0.1) is 10.1 Å². The topological polar surface area (TPSA) is 78.4 Å². The number of nitro groups is 1. The van der Waals surface area contributed by atoms with Gasteiger partial charge in [-0.15, -0.1) is 11.3 Å². The van der Waals surface area contributed by atoms with Gasteiger partial charge >= 0.3 is 0 Å². The molecule has 0 aliphatic rings. The first-order valence-electron chi connectivity index (χ1n) is 5.72. The number of ether oxygens (including phenoxy) is 1. The van der Waals surface area contributed by atoms with Crippen molar-refractivity contribution in [2.24, 2.45) is 5.73 Å². The van der Waals surface area contributed by atoms with Gasteiger partial charge in [0.15, 0.2) is 0 Å². The lowest BCUT2D eigenvalue weighted by Gasteiger charge is -2.11. The van der Waals surface area contributed by atoms with Crippen molar-refractivity contribution in [3.8, 4) is 5.75 Å². The number of hydrogen-bond acceptors (Lipinski definition) is 5. The number of non-ortho nitro benzene ring substituents is 1. The van der Waals surface area contributed by atoms with E-state index in [-0.39, 0.29) is 11.7 Å². The molecular weight excluding hydrogens is 264 g/mol. The third-order valence-electron chi connectivity index (χ3n) is 2.82. The molecule has 0 fully saturated rings. The molecule has 0 aliphatic heterocycles. The Morgan fingerprint density at radius 3 is 2.63 bits per heavy atom. The van der Waals surface area contributed by atoms with E-state index in [2.05, 4.69) is 0 Å². The molecule has 0 saturated carbocycles. The van der Waals surface area contributed by atoms with Crippen molar-refractivity contribution >= 4 is 17.0 Å². The van der Waals surface area contributed by atoms with Crippen molar-refractivity contribution in [2.45, 2.75) is 12.5 Å². The summed E-state index contributed by atoms with van der Waals surface area (Å²) in [6.07, 6.45) is 0.620. The molecule has 5 nitrogen and oxygen atoms in total. The second kappa shape index (κ2) is 5.81. The van der Waals surface area contributed by atoms with Gasteiger partial charge in [-0.05, 0) is 23.4 Å². The normalized spacial score (nSPS) is 12.1. The highest BCUT2D eigenvalue weighted by atomic mass is 32.1. The molecule has 1 atom stereocenters. The van der Waals surface area contributed by atoms with E-state index >= 15 is 0 Å². The summed E-state index contributed by atoms with van der Waals surface area (Å²) in [6.45, 7) is 0. The first kappa shape index (κ1) is 13.5. The summed E-state index contributed by atoms with van der Waals surface area (Å²) < 4.78 is 5.24. The molecule has 19 heavy (non-hydrogen) atoms. The number of nitrogens with zero attached hydrogens (tertiary/aromatic N) is 1.